The van der Waals surface area contributed by atoms with Gasteiger partial charge in [0.15, 0.2) is 0 Å². The molecule has 1 heterocycles. The van der Waals surface area contributed by atoms with Crippen LogP contribution in [0.3, 0.4) is 0 Å². The van der Waals surface area contributed by atoms with Crippen molar-refractivity contribution in [1.29, 1.82) is 0 Å². The molecule has 18 heavy (non-hydrogen) atoms. The van der Waals surface area contributed by atoms with Crippen molar-refractivity contribution < 1.29 is 4.92 Å². The smallest absolute Gasteiger partial charge is 0.295 e. The minimum Gasteiger partial charge on any atom is -0.379 e. The maximum Gasteiger partial charge on any atom is 0.295 e. The molecule has 0 radical (unpaired) electrons. The first-order chi connectivity index (χ1) is 8.68. The van der Waals surface area contributed by atoms with Gasteiger partial charge in [-0.3, -0.25) is 10.1 Å². The Balaban J connectivity index is 2.05. The molecule has 0 unspecified atom stereocenters. The number of nitro benzene ring substituents is 1. The number of nitrogens with zero attached hydrogens (tertiary/aromatic N) is 2. The van der Waals surface area contributed by atoms with E-state index < -0.39 is 0 Å². The predicted molar refractivity (Wildman–Crippen MR) is 72.1 cm³/mol. The zero-order valence-electron chi connectivity index (χ0n) is 9.92. The van der Waals surface area contributed by atoms with E-state index in [-0.39, 0.29) is 10.6 Å². The molecule has 2 aromatic rings. The van der Waals surface area contributed by atoms with Gasteiger partial charge in [0.1, 0.15) is 5.69 Å². The highest BCUT2D eigenvalue weighted by Crippen LogP contribution is 2.27. The topological polar surface area (TPSA) is 68.1 Å². The Morgan fingerprint density at radius 3 is 3.00 bits per heavy atom. The van der Waals surface area contributed by atoms with Crippen molar-refractivity contribution in [3.8, 4) is 0 Å². The average Bonchev–Trinajstić information content (AvgIpc) is 2.81. The summed E-state index contributed by atoms with van der Waals surface area (Å²) in [5.74, 6) is 0. The highest BCUT2D eigenvalue weighted by Gasteiger charge is 2.16. The van der Waals surface area contributed by atoms with E-state index in [4.69, 9.17) is 0 Å². The van der Waals surface area contributed by atoms with Gasteiger partial charge in [-0.1, -0.05) is 12.1 Å². The molecular weight excluding hydrogens is 250 g/mol. The molecule has 0 atom stereocenters. The van der Waals surface area contributed by atoms with Crippen LogP contribution in [-0.2, 0) is 6.42 Å². The monoisotopic (exact) mass is 263 g/mol. The van der Waals surface area contributed by atoms with Crippen LogP contribution >= 0.6 is 11.3 Å². The van der Waals surface area contributed by atoms with Crippen molar-refractivity contribution in [2.45, 2.75) is 13.3 Å². The van der Waals surface area contributed by atoms with E-state index in [1.54, 1.807) is 36.6 Å². The molecule has 2 rings (SSSR count). The fourth-order valence-electron chi connectivity index (χ4n) is 1.72. The van der Waals surface area contributed by atoms with E-state index in [1.807, 2.05) is 11.4 Å². The number of nitro groups is 1. The molecule has 1 N–H and O–H groups in total. The Morgan fingerprint density at radius 1 is 1.50 bits per heavy atom. The van der Waals surface area contributed by atoms with E-state index in [2.05, 4.69) is 10.3 Å². The molecule has 0 amide bonds. The number of hydrogen-bond acceptors (Lipinski definition) is 5. The van der Waals surface area contributed by atoms with Gasteiger partial charge >= 0.3 is 0 Å². The van der Waals surface area contributed by atoms with Crippen molar-refractivity contribution in [2.24, 2.45) is 0 Å². The first-order valence-corrected chi connectivity index (χ1v) is 6.42. The van der Waals surface area contributed by atoms with Crippen molar-refractivity contribution in [1.82, 2.24) is 4.98 Å². The number of aromatic nitrogens is 1. The fourth-order valence-corrected chi connectivity index (χ4v) is 2.34. The van der Waals surface area contributed by atoms with Crippen LogP contribution in [-0.4, -0.2) is 16.5 Å². The van der Waals surface area contributed by atoms with Gasteiger partial charge < -0.3 is 5.32 Å². The third-order valence-electron chi connectivity index (χ3n) is 2.56. The number of anilines is 1. The van der Waals surface area contributed by atoms with Gasteiger partial charge in [0.05, 0.1) is 9.93 Å². The van der Waals surface area contributed by atoms with Gasteiger partial charge in [0, 0.05) is 30.1 Å². The summed E-state index contributed by atoms with van der Waals surface area (Å²) in [5.41, 5.74) is 1.38. The molecule has 0 spiro atoms. The molecule has 5 nitrogen and oxygen atoms in total. The van der Waals surface area contributed by atoms with Gasteiger partial charge in [0.2, 0.25) is 0 Å². The summed E-state index contributed by atoms with van der Waals surface area (Å²) < 4.78 is 0. The molecule has 0 bridgehead atoms. The van der Waals surface area contributed by atoms with Crippen molar-refractivity contribution in [3.05, 3.63) is 50.5 Å². The number of benzene rings is 1. The van der Waals surface area contributed by atoms with Crippen molar-refractivity contribution >= 4 is 22.7 Å². The van der Waals surface area contributed by atoms with Crippen molar-refractivity contribution in [3.63, 3.8) is 0 Å². The average molecular weight is 263 g/mol. The molecule has 1 aromatic heterocycles. The molecule has 6 heteroatoms. The molecule has 0 aliphatic carbocycles. The lowest BCUT2D eigenvalue weighted by Crippen LogP contribution is -2.07. The number of thiazole rings is 1. The van der Waals surface area contributed by atoms with Crippen LogP contribution in [0, 0.1) is 17.0 Å². The summed E-state index contributed by atoms with van der Waals surface area (Å²) in [6, 6.07) is 5.28. The first-order valence-electron chi connectivity index (χ1n) is 5.54. The maximum absolute atomic E-state index is 11.0. The van der Waals surface area contributed by atoms with Gasteiger partial charge in [0.25, 0.3) is 5.69 Å². The first kappa shape index (κ1) is 12.5. The van der Waals surface area contributed by atoms with Crippen LogP contribution < -0.4 is 5.32 Å². The molecule has 0 aliphatic heterocycles. The number of nitrogens with one attached hydrogen (secondary N) is 1. The van der Waals surface area contributed by atoms with Gasteiger partial charge in [-0.05, 0) is 13.0 Å². The summed E-state index contributed by atoms with van der Waals surface area (Å²) in [6.07, 6.45) is 2.53. The molecule has 1 aromatic carbocycles. The Labute approximate surface area is 109 Å². The summed E-state index contributed by atoms with van der Waals surface area (Å²) in [4.78, 5) is 14.8. The van der Waals surface area contributed by atoms with Gasteiger partial charge in [-0.25, -0.2) is 4.98 Å². The third kappa shape index (κ3) is 2.84. The van der Waals surface area contributed by atoms with Crippen LogP contribution in [0.15, 0.2) is 29.8 Å². The molecule has 0 saturated heterocycles. The largest absolute Gasteiger partial charge is 0.379 e. The highest BCUT2D eigenvalue weighted by atomic mass is 32.1. The normalized spacial score (nSPS) is 10.3. The molecule has 0 fully saturated rings. The van der Waals surface area contributed by atoms with E-state index in [9.17, 15) is 10.1 Å². The Kier molecular flexibility index (Phi) is 3.88. The summed E-state index contributed by atoms with van der Waals surface area (Å²) in [6.45, 7) is 2.38. The van der Waals surface area contributed by atoms with Crippen LogP contribution in [0.5, 0.6) is 0 Å². The van der Waals surface area contributed by atoms with Crippen molar-refractivity contribution in [2.75, 3.05) is 11.9 Å². The number of hydrogen-bond donors (Lipinski definition) is 1. The van der Waals surface area contributed by atoms with E-state index in [0.29, 0.717) is 17.8 Å². The Morgan fingerprint density at radius 2 is 2.33 bits per heavy atom. The molecular formula is C12H13N3O2S. The predicted octanol–water partition coefficient (Wildman–Crippen LogP) is 3.01. The maximum atomic E-state index is 11.0. The molecule has 0 aliphatic rings. The zero-order chi connectivity index (χ0) is 13.0. The lowest BCUT2D eigenvalue weighted by molar-refractivity contribution is -0.384. The van der Waals surface area contributed by atoms with Crippen LogP contribution in [0.4, 0.5) is 11.4 Å². The van der Waals surface area contributed by atoms with Gasteiger partial charge in [-0.15, -0.1) is 11.3 Å². The van der Waals surface area contributed by atoms with Crippen LogP contribution in [0.2, 0.25) is 0 Å². The lowest BCUT2D eigenvalue weighted by Gasteiger charge is -2.07. The van der Waals surface area contributed by atoms with E-state index >= 15 is 0 Å². The second-order valence-corrected chi connectivity index (χ2v) is 4.81. The molecule has 0 saturated carbocycles. The Hall–Kier alpha value is -1.95. The second kappa shape index (κ2) is 5.59. The number of aryl methyl sites for hydroxylation is 1. The summed E-state index contributed by atoms with van der Waals surface area (Å²) in [7, 11) is 0. The standard InChI is InChI=1S/C12H13N3O2S/c1-9-3-2-4-10(12(9)15(16)17)13-6-5-11-14-7-8-18-11/h2-4,7-8,13H,5-6H2,1H3. The SMILES string of the molecule is Cc1cccc(NCCc2nccs2)c1[N+](=O)[O-]. The number of rotatable bonds is 5. The lowest BCUT2D eigenvalue weighted by atomic mass is 10.1. The van der Waals surface area contributed by atoms with Gasteiger partial charge in [-0.2, -0.15) is 0 Å². The third-order valence-corrected chi connectivity index (χ3v) is 3.40. The minimum absolute atomic E-state index is 0.150. The van der Waals surface area contributed by atoms with Crippen LogP contribution in [0.25, 0.3) is 0 Å². The van der Waals surface area contributed by atoms with E-state index in [1.165, 1.54) is 0 Å². The summed E-state index contributed by atoms with van der Waals surface area (Å²) in [5, 5.41) is 17.0. The number of para-hydroxylation sites is 1. The highest BCUT2D eigenvalue weighted by molar-refractivity contribution is 7.09. The summed E-state index contributed by atoms with van der Waals surface area (Å²) >= 11 is 1.59. The quantitative estimate of drug-likeness (QED) is 0.665. The fraction of sp³-hybridized carbons (Fsp3) is 0.250. The Bertz CT molecular complexity index is 540. The molecule has 94 valence electrons. The van der Waals surface area contributed by atoms with E-state index in [0.717, 1.165) is 11.4 Å². The van der Waals surface area contributed by atoms with Crippen LogP contribution in [0.1, 0.15) is 10.6 Å². The zero-order valence-corrected chi connectivity index (χ0v) is 10.7. The minimum atomic E-state index is -0.346. The second-order valence-electron chi connectivity index (χ2n) is 3.83.